The van der Waals surface area contributed by atoms with Crippen LogP contribution in [0.3, 0.4) is 0 Å². The first-order valence-corrected chi connectivity index (χ1v) is 10.8. The van der Waals surface area contributed by atoms with Crippen LogP contribution in [0.25, 0.3) is 0 Å². The molecule has 1 rings (SSSR count). The number of alkyl halides is 1. The Kier molecular flexibility index (Phi) is 21.3. The van der Waals surface area contributed by atoms with Gasteiger partial charge in [-0.1, -0.05) is 72.0 Å². The van der Waals surface area contributed by atoms with Crippen molar-refractivity contribution in [2.75, 3.05) is 32.8 Å². The van der Waals surface area contributed by atoms with Gasteiger partial charge in [-0.05, 0) is 13.3 Å². The summed E-state index contributed by atoms with van der Waals surface area (Å²) in [5.74, 6) is -0.745. The molecule has 2 atom stereocenters. The van der Waals surface area contributed by atoms with Crippen LogP contribution < -0.4 is 5.73 Å². The van der Waals surface area contributed by atoms with E-state index in [1.807, 2.05) is 13.0 Å². The van der Waals surface area contributed by atoms with Crippen molar-refractivity contribution in [1.29, 1.82) is 0 Å². The van der Waals surface area contributed by atoms with Gasteiger partial charge < -0.3 is 10.5 Å². The van der Waals surface area contributed by atoms with Crippen LogP contribution in [0.2, 0.25) is 0 Å². The second-order valence-electron chi connectivity index (χ2n) is 7.24. The van der Waals surface area contributed by atoms with E-state index in [0.717, 1.165) is 45.7 Å². The van der Waals surface area contributed by atoms with E-state index in [9.17, 15) is 9.18 Å². The molecule has 5 heteroatoms. The molecule has 1 aliphatic rings. The summed E-state index contributed by atoms with van der Waals surface area (Å²) in [5.41, 5.74) is 5.18. The number of carbonyl (C=O) groups excluding carboxylic acids is 1. The number of ether oxygens (including phenoxy) is 1. The van der Waals surface area contributed by atoms with Crippen molar-refractivity contribution in [2.24, 2.45) is 11.7 Å². The molecule has 0 aromatic rings. The van der Waals surface area contributed by atoms with Crippen LogP contribution >= 0.6 is 0 Å². The third-order valence-electron chi connectivity index (χ3n) is 4.55. The van der Waals surface area contributed by atoms with E-state index in [1.54, 1.807) is 0 Å². The van der Waals surface area contributed by atoms with Crippen molar-refractivity contribution in [3.63, 3.8) is 0 Å². The smallest absolute Gasteiger partial charge is 0.148 e. The molecule has 1 heterocycles. The maximum absolute atomic E-state index is 13.3. The zero-order chi connectivity index (χ0) is 21.8. The minimum Gasteiger partial charge on any atom is -0.400 e. The number of hydrogen-bond acceptors (Lipinski definition) is 4. The fourth-order valence-electron chi connectivity index (χ4n) is 2.70. The lowest BCUT2D eigenvalue weighted by Crippen LogP contribution is -2.36. The van der Waals surface area contributed by atoms with E-state index in [0.29, 0.717) is 6.42 Å². The molecule has 4 nitrogen and oxygen atoms in total. The van der Waals surface area contributed by atoms with Crippen molar-refractivity contribution < 1.29 is 13.9 Å². The van der Waals surface area contributed by atoms with E-state index < -0.39 is 12.1 Å². The van der Waals surface area contributed by atoms with Crippen LogP contribution in [0.15, 0.2) is 24.9 Å². The molecule has 2 unspecified atom stereocenters. The maximum Gasteiger partial charge on any atom is 0.148 e. The quantitative estimate of drug-likeness (QED) is 0.378. The Labute approximate surface area is 173 Å². The van der Waals surface area contributed by atoms with Gasteiger partial charge in [0.2, 0.25) is 0 Å². The van der Waals surface area contributed by atoms with Crippen LogP contribution in [-0.4, -0.2) is 49.7 Å². The highest BCUT2D eigenvalue weighted by atomic mass is 19.1. The molecule has 0 aromatic heterocycles. The highest BCUT2D eigenvalue weighted by Crippen LogP contribution is 2.20. The van der Waals surface area contributed by atoms with Gasteiger partial charge in [-0.2, -0.15) is 0 Å². The Balaban J connectivity index is 0. The molecule has 1 saturated heterocycles. The van der Waals surface area contributed by atoms with Crippen molar-refractivity contribution in [1.82, 2.24) is 4.90 Å². The van der Waals surface area contributed by atoms with Crippen molar-refractivity contribution >= 4 is 5.78 Å². The van der Waals surface area contributed by atoms with Gasteiger partial charge in [0.05, 0.1) is 19.1 Å². The van der Waals surface area contributed by atoms with Crippen LogP contribution in [0, 0.1) is 5.92 Å². The van der Waals surface area contributed by atoms with Gasteiger partial charge in [-0.3, -0.25) is 9.69 Å². The number of Topliss-reactive ketones (excluding diaryl/α,β-unsaturated/α-hetero) is 1. The van der Waals surface area contributed by atoms with Gasteiger partial charge in [0, 0.05) is 25.3 Å². The number of morpholine rings is 1. The normalized spacial score (nSPS) is 15.9. The topological polar surface area (TPSA) is 55.6 Å². The lowest BCUT2D eigenvalue weighted by Gasteiger charge is -2.24. The fraction of sp³-hybridized carbons (Fsp3) is 0.783. The minimum atomic E-state index is -1.39. The Hall–Kier alpha value is -1.20. The molecule has 0 aromatic carbocycles. The average Bonchev–Trinajstić information content (AvgIpc) is 2.68. The second-order valence-corrected chi connectivity index (χ2v) is 7.24. The first-order valence-electron chi connectivity index (χ1n) is 10.8. The molecule has 2 N–H and O–H groups in total. The molecule has 0 radical (unpaired) electrons. The van der Waals surface area contributed by atoms with Gasteiger partial charge in [0.1, 0.15) is 12.0 Å². The molecule has 0 bridgehead atoms. The molecule has 0 amide bonds. The third-order valence-corrected chi connectivity index (χ3v) is 4.55. The fourth-order valence-corrected chi connectivity index (χ4v) is 2.70. The molecule has 28 heavy (non-hydrogen) atoms. The molecule has 0 aliphatic carbocycles. The number of allylic oxidation sites excluding steroid dienone is 1. The number of unbranched alkanes of at least 4 members (excludes halogenated alkanes) is 4. The number of carbonyl (C=O) groups is 1. The molecule has 166 valence electrons. The summed E-state index contributed by atoms with van der Waals surface area (Å²) in [4.78, 5) is 13.4. The summed E-state index contributed by atoms with van der Waals surface area (Å²) < 4.78 is 18.5. The van der Waals surface area contributed by atoms with Gasteiger partial charge in [-0.25, -0.2) is 4.39 Å². The zero-order valence-corrected chi connectivity index (χ0v) is 18.9. The lowest BCUT2D eigenvalue weighted by atomic mass is 9.92. The van der Waals surface area contributed by atoms with Gasteiger partial charge in [0.25, 0.3) is 0 Å². The first kappa shape index (κ1) is 29.0. The summed E-state index contributed by atoms with van der Waals surface area (Å²) in [6, 6.07) is 0. The number of nitrogens with two attached hydrogens (primary N) is 1. The molecule has 1 aliphatic heterocycles. The number of hydrogen-bond donors (Lipinski definition) is 1. The van der Waals surface area contributed by atoms with Crippen LogP contribution in [0.1, 0.15) is 72.6 Å². The summed E-state index contributed by atoms with van der Waals surface area (Å²) in [6.45, 7) is 19.7. The van der Waals surface area contributed by atoms with Crippen molar-refractivity contribution in [3.05, 3.63) is 24.9 Å². The lowest BCUT2D eigenvalue weighted by molar-refractivity contribution is -0.122. The number of rotatable bonds is 11. The van der Waals surface area contributed by atoms with Crippen LogP contribution in [0.5, 0.6) is 0 Å². The first-order chi connectivity index (χ1) is 13.3. The standard InChI is InChI=1S/C10H18FNO.C7H13NO.C6H14/c1-4-5-6-9(8(3)13)10(11)7(2)12;1-2-3-8-4-6-9-7-5-8;1-3-5-6-4-2/h9-10H,2,4-6,12H2,1,3H3;2H,1,3-7H2;3-6H2,1-2H3. The molecular formula is C23H45FN2O2. The number of ketones is 1. The Bertz CT molecular complexity index is 392. The van der Waals surface area contributed by atoms with Crippen molar-refractivity contribution in [2.45, 2.75) is 78.8 Å². The molecular weight excluding hydrogens is 355 g/mol. The SMILES string of the molecule is C=C(N)C(F)C(CCCC)C(C)=O.C=CCN1CCOCC1.CCCCCC. The summed E-state index contributed by atoms with van der Waals surface area (Å²) in [7, 11) is 0. The average molecular weight is 401 g/mol. The van der Waals surface area contributed by atoms with Crippen molar-refractivity contribution in [3.8, 4) is 0 Å². The highest BCUT2D eigenvalue weighted by Gasteiger charge is 2.25. The second kappa shape index (κ2) is 20.5. The Morgan fingerprint density at radius 1 is 1.14 bits per heavy atom. The monoisotopic (exact) mass is 400 g/mol. The number of nitrogens with zero attached hydrogens (tertiary/aromatic N) is 1. The number of halogens is 1. The largest absolute Gasteiger partial charge is 0.400 e. The van der Waals surface area contributed by atoms with E-state index >= 15 is 0 Å². The summed E-state index contributed by atoms with van der Waals surface area (Å²) in [6.07, 6.45) is 8.44. The minimum absolute atomic E-state index is 0.0451. The van der Waals surface area contributed by atoms with Gasteiger partial charge in [0.15, 0.2) is 0 Å². The predicted molar refractivity (Wildman–Crippen MR) is 119 cm³/mol. The third kappa shape index (κ3) is 16.9. The Morgan fingerprint density at radius 2 is 1.64 bits per heavy atom. The molecule has 1 fully saturated rings. The summed E-state index contributed by atoms with van der Waals surface area (Å²) >= 11 is 0. The van der Waals surface area contributed by atoms with E-state index in [-0.39, 0.29) is 11.5 Å². The van der Waals surface area contributed by atoms with E-state index in [1.165, 1.54) is 32.6 Å². The molecule has 0 saturated carbocycles. The zero-order valence-electron chi connectivity index (χ0n) is 18.9. The van der Waals surface area contributed by atoms with Crippen LogP contribution in [-0.2, 0) is 9.53 Å². The molecule has 0 spiro atoms. The predicted octanol–water partition coefficient (Wildman–Crippen LogP) is 5.28. The van der Waals surface area contributed by atoms with Gasteiger partial charge in [-0.15, -0.1) is 6.58 Å². The van der Waals surface area contributed by atoms with E-state index in [2.05, 4.69) is 31.9 Å². The summed E-state index contributed by atoms with van der Waals surface area (Å²) in [5, 5.41) is 0. The van der Waals surface area contributed by atoms with E-state index in [4.69, 9.17) is 10.5 Å². The maximum atomic E-state index is 13.3. The highest BCUT2D eigenvalue weighted by molar-refractivity contribution is 5.79. The van der Waals surface area contributed by atoms with Crippen LogP contribution in [0.4, 0.5) is 4.39 Å². The van der Waals surface area contributed by atoms with Gasteiger partial charge >= 0.3 is 0 Å². The Morgan fingerprint density at radius 3 is 2.00 bits per heavy atom.